The maximum atomic E-state index is 9.02. The molecule has 12 nitrogen and oxygen atoms in total. The molecule has 2 saturated carbocycles. The molecule has 0 amide bonds. The van der Waals surface area contributed by atoms with Crippen LogP contribution in [0.1, 0.15) is 276 Å². The molecule has 4 aromatic carbocycles. The van der Waals surface area contributed by atoms with Crippen LogP contribution in [0.25, 0.3) is 133 Å². The fourth-order valence-electron chi connectivity index (χ4n) is 16.1. The van der Waals surface area contributed by atoms with Crippen LogP contribution in [0.3, 0.4) is 0 Å². The van der Waals surface area contributed by atoms with Crippen molar-refractivity contribution in [3.05, 3.63) is 238 Å². The minimum atomic E-state index is -2.68. The number of aromatic nitrogens is 8. The molecule has 2 aliphatic rings. The molecule has 2 aliphatic carbocycles. The lowest BCUT2D eigenvalue weighted by Crippen LogP contribution is -2.31. The third-order valence-corrected chi connectivity index (χ3v) is 23.1. The van der Waals surface area contributed by atoms with Crippen LogP contribution in [-0.2, 0) is 40.0 Å². The summed E-state index contributed by atoms with van der Waals surface area (Å²) in [5.74, 6) is -1.81. The first-order valence-corrected chi connectivity index (χ1v) is 41.1. The van der Waals surface area contributed by atoms with Crippen LogP contribution in [0.2, 0.25) is 0 Å². The highest BCUT2D eigenvalue weighted by molar-refractivity contribution is 6.12. The highest BCUT2D eigenvalue weighted by Gasteiger charge is 2.30. The van der Waals surface area contributed by atoms with Gasteiger partial charge < -0.3 is 17.7 Å². The molecule has 12 heteroatoms. The van der Waals surface area contributed by atoms with Gasteiger partial charge in [0, 0.05) is 151 Å². The molecule has 0 aliphatic heterocycles. The molecule has 18 rings (SSSR count). The molecular weight excluding hydrogens is 1430 g/mol. The Morgan fingerprint density at radius 1 is 0.379 bits per heavy atom. The molecule has 2 fully saturated rings. The van der Waals surface area contributed by atoms with Gasteiger partial charge in [-0.2, -0.15) is 0 Å². The predicted octanol–water partition coefficient (Wildman–Crippen LogP) is 26.2. The largest absolute Gasteiger partial charge is 0.437 e. The Bertz CT molecular complexity index is 7080. The van der Waals surface area contributed by atoms with E-state index in [1.54, 1.807) is 18.2 Å². The molecule has 596 valence electrons. The molecule has 0 bridgehead atoms. The van der Waals surface area contributed by atoms with E-state index in [-0.39, 0.29) is 30.4 Å². The van der Waals surface area contributed by atoms with Crippen molar-refractivity contribution >= 4 is 88.3 Å². The third-order valence-electron chi connectivity index (χ3n) is 23.1. The number of furan rings is 4. The lowest BCUT2D eigenvalue weighted by Gasteiger charge is -2.20. The van der Waals surface area contributed by atoms with Gasteiger partial charge in [0.2, 0.25) is 45.6 Å². The van der Waals surface area contributed by atoms with E-state index in [4.69, 9.17) is 46.8 Å². The molecule has 12 aromatic heterocycles. The van der Waals surface area contributed by atoms with Crippen molar-refractivity contribution in [1.82, 2.24) is 19.9 Å². The van der Waals surface area contributed by atoms with E-state index in [0.29, 0.717) is 89.0 Å². The number of fused-ring (bicyclic) bond motifs is 12. The molecule has 0 spiro atoms. The minimum Gasteiger partial charge on any atom is -0.437 e. The van der Waals surface area contributed by atoms with Gasteiger partial charge in [-0.3, -0.25) is 0 Å². The van der Waals surface area contributed by atoms with Crippen molar-refractivity contribution in [2.45, 2.75) is 229 Å². The average molecular weight is 1560 g/mol. The van der Waals surface area contributed by atoms with E-state index >= 15 is 0 Å². The Hall–Kier alpha value is -10.7. The molecule has 1 atom stereocenters. The Labute approximate surface area is 705 Å². The zero-order chi connectivity index (χ0) is 94.3. The monoisotopic (exact) mass is 1560 g/mol. The van der Waals surface area contributed by atoms with E-state index in [1.807, 2.05) is 71.5 Å². The van der Waals surface area contributed by atoms with E-state index in [9.17, 15) is 0 Å². The van der Waals surface area contributed by atoms with Crippen LogP contribution >= 0.6 is 0 Å². The standard InChI is InChI=1S/C27H31N2O.C26H29N2O.C26H31N2O.C25H29N2O/c1-17(2)20-14-15-29(4)24(16-20)25-18(3)10-11-21-22-12-13-23(19-8-6-5-7-9-19)28-27(22)30-26(21)25;1-16(2)19-13-14-28(4)23(15-19)24-17(3)9-10-20-21-11-12-22(18-7-5-6-8-18)27-26(21)29-25(20)24;1-16(2)18-12-13-28(7)22(14-18)23-17(3)8-10-20-21-11-9-19(15-26(4,5)6)27-25(21)29-24(20)23;1-15(2)17-12-13-27(7)20(14-17)22-16(3)8-9-18-19-10-11-21(25(4,5)6)26-24(19)28-23(18)22/h10-17,19H,5-9H2,1-4H3;9-16,18H,5-8H2,1-4H3;8-14,16H,15H2,1-7H3;8-15H,1-7H3/q4*+1/i8D2,9D2,19D;7D2,18D;4D3,5D3;. The lowest BCUT2D eigenvalue weighted by atomic mass is 9.86. The Morgan fingerprint density at radius 2 is 0.690 bits per heavy atom. The maximum Gasteiger partial charge on any atom is 0.227 e. The molecule has 0 N–H and O–H groups in total. The first-order valence-electron chi connectivity index (χ1n) is 48.1. The summed E-state index contributed by atoms with van der Waals surface area (Å²) in [5, 5.41) is 7.46. The fraction of sp³-hybridized carbons (Fsp3) is 0.385. The quantitative estimate of drug-likeness (QED) is 0.117. The number of nitrogens with zero attached hydrogens (tertiary/aromatic N) is 8. The van der Waals surface area contributed by atoms with Crippen LogP contribution < -0.4 is 18.3 Å². The van der Waals surface area contributed by atoms with Gasteiger partial charge >= 0.3 is 0 Å². The van der Waals surface area contributed by atoms with Gasteiger partial charge in [-0.25, -0.2) is 38.2 Å². The lowest BCUT2D eigenvalue weighted by molar-refractivity contribution is -0.660. The summed E-state index contributed by atoms with van der Waals surface area (Å²) in [6, 6.07) is 49.1. The van der Waals surface area contributed by atoms with E-state index in [2.05, 4.69) is 241 Å². The highest BCUT2D eigenvalue weighted by Crippen LogP contribution is 2.45. The fourth-order valence-corrected chi connectivity index (χ4v) is 16.1. The van der Waals surface area contributed by atoms with Crippen molar-refractivity contribution in [2.24, 2.45) is 33.6 Å². The molecule has 0 saturated heterocycles. The Balaban J connectivity index is 0.000000133. The number of hydrogen-bond acceptors (Lipinski definition) is 8. The summed E-state index contributed by atoms with van der Waals surface area (Å²) < 4.78 is 150. The normalized spacial score (nSPS) is 18.6. The van der Waals surface area contributed by atoms with Crippen LogP contribution in [0.15, 0.2) is 188 Å². The van der Waals surface area contributed by atoms with Crippen molar-refractivity contribution in [2.75, 3.05) is 0 Å². The zero-order valence-corrected chi connectivity index (χ0v) is 71.1. The Kier molecular flexibility index (Phi) is 18.0. The van der Waals surface area contributed by atoms with Crippen molar-refractivity contribution in [1.29, 1.82) is 0 Å². The number of benzene rings is 4. The molecule has 0 radical (unpaired) electrons. The maximum absolute atomic E-state index is 9.02. The number of pyridine rings is 8. The van der Waals surface area contributed by atoms with E-state index in [0.717, 1.165) is 122 Å². The number of rotatable bonds is 11. The Morgan fingerprint density at radius 3 is 1.03 bits per heavy atom. The van der Waals surface area contributed by atoms with Gasteiger partial charge in [-0.05, 0) is 182 Å². The SMILES string of the molecule is Cc1ccc2c(oc3nc(C(C)(C)C)ccc32)c1-c1cc(C(C)C)cc[n+]1C.[2H]C([2H])([2H])C(C)(Cc1ccc2c(n1)oc1c(-c3cc(C(C)C)cc[n+]3C)c(C)ccc12)C([2H])([2H])[2H].[2H]C1([2H])CCCC([2H])([2H])C1([2H])c1ccc2c(n1)oc1c(-c3cc(C(C)C)cc[n+]3C)c(C)ccc12.[2H]C1([2H])CCCC1([2H])c1ccc2c(n1)oc1c(-c3cc(C(C)C)cc[n+]3C)c(C)ccc12. The van der Waals surface area contributed by atoms with Crippen LogP contribution in [0.5, 0.6) is 0 Å². The van der Waals surface area contributed by atoms with Gasteiger partial charge in [-0.1, -0.05) is 177 Å². The molecule has 16 aromatic rings. The van der Waals surface area contributed by atoms with Crippen molar-refractivity contribution < 1.29 is 55.1 Å². The van der Waals surface area contributed by atoms with Gasteiger partial charge in [0.15, 0.2) is 47.1 Å². The second kappa shape index (κ2) is 32.4. The van der Waals surface area contributed by atoms with Crippen LogP contribution in [-0.4, -0.2) is 19.9 Å². The first kappa shape index (κ1) is 64.4. The van der Waals surface area contributed by atoms with Gasteiger partial charge in [0.05, 0.1) is 22.3 Å². The van der Waals surface area contributed by atoms with Gasteiger partial charge in [0.1, 0.15) is 28.2 Å². The zero-order valence-electron chi connectivity index (χ0n) is 85.1. The van der Waals surface area contributed by atoms with Gasteiger partial charge in [0.25, 0.3) is 0 Å². The highest BCUT2D eigenvalue weighted by atomic mass is 16.4. The minimum absolute atomic E-state index is 0.00997. The van der Waals surface area contributed by atoms with Crippen LogP contribution in [0.4, 0.5) is 0 Å². The second-order valence-electron chi connectivity index (χ2n) is 34.5. The summed E-state index contributed by atoms with van der Waals surface area (Å²) in [6.07, 6.45) is 4.65. The third kappa shape index (κ3) is 16.1. The molecule has 12 heterocycles. The second-order valence-corrected chi connectivity index (χ2v) is 34.5. The smallest absolute Gasteiger partial charge is 0.227 e. The van der Waals surface area contributed by atoms with Gasteiger partial charge in [-0.15, -0.1) is 0 Å². The first-order chi connectivity index (χ1) is 60.8. The molecule has 116 heavy (non-hydrogen) atoms. The number of aryl methyl sites for hydroxylation is 8. The van der Waals surface area contributed by atoms with Crippen molar-refractivity contribution in [3.8, 4) is 45.0 Å². The summed E-state index contributed by atoms with van der Waals surface area (Å²) in [6.45, 7) is 28.3. The average Bonchev–Trinajstić information content (AvgIpc) is 1.16. The van der Waals surface area contributed by atoms with E-state index < -0.39 is 50.0 Å². The molecular formula is C104H120N8O4+4. The predicted molar refractivity (Wildman–Crippen MR) is 477 cm³/mol. The van der Waals surface area contributed by atoms with E-state index in [1.165, 1.54) is 40.4 Å². The van der Waals surface area contributed by atoms with Crippen LogP contribution in [0, 0.1) is 33.1 Å². The van der Waals surface area contributed by atoms with Crippen molar-refractivity contribution in [3.63, 3.8) is 0 Å². The summed E-state index contributed by atoms with van der Waals surface area (Å²) in [7, 11) is 8.15. The number of hydrogen-bond donors (Lipinski definition) is 0. The summed E-state index contributed by atoms with van der Waals surface area (Å²) >= 11 is 0. The summed E-state index contributed by atoms with van der Waals surface area (Å²) in [4.78, 5) is 18.7. The summed E-state index contributed by atoms with van der Waals surface area (Å²) in [5.41, 5.74) is 22.9. The topological polar surface area (TPSA) is 120 Å². The molecule has 1 unspecified atom stereocenters.